The normalized spacial score (nSPS) is 11.2. The van der Waals surface area contributed by atoms with E-state index < -0.39 is 11.7 Å². The van der Waals surface area contributed by atoms with Gasteiger partial charge in [-0.05, 0) is 18.2 Å². The molecule has 0 aliphatic carbocycles. The molecule has 2 nitrogen and oxygen atoms in total. The molecule has 6 heteroatoms. The molecule has 1 aromatic heterocycles. The third-order valence-electron chi connectivity index (χ3n) is 1.75. The van der Waals surface area contributed by atoms with E-state index in [0.717, 1.165) is 12.5 Å². The molecule has 0 amide bonds. The highest BCUT2D eigenvalue weighted by molar-refractivity contribution is 7.99. The molecule has 0 saturated carbocycles. The number of hydrogen-bond donors (Lipinski definition) is 0. The number of pyridine rings is 1. The van der Waals surface area contributed by atoms with Crippen molar-refractivity contribution in [3.63, 3.8) is 0 Å². The lowest BCUT2D eigenvalue weighted by atomic mass is 10.2. The highest BCUT2D eigenvalue weighted by Crippen LogP contribution is 2.32. The zero-order chi connectivity index (χ0) is 12.2. The average Bonchev–Trinajstić information content (AvgIpc) is 2.24. The molecule has 16 heavy (non-hydrogen) atoms. The van der Waals surface area contributed by atoms with Gasteiger partial charge in [-0.2, -0.15) is 18.4 Å². The second-order valence-electron chi connectivity index (χ2n) is 3.03. The van der Waals surface area contributed by atoms with Gasteiger partial charge < -0.3 is 0 Å². The maximum absolute atomic E-state index is 12.4. The molecule has 0 atom stereocenters. The van der Waals surface area contributed by atoms with E-state index in [9.17, 15) is 13.2 Å². The number of thioether (sulfide) groups is 1. The van der Waals surface area contributed by atoms with Crippen LogP contribution in [0.4, 0.5) is 13.2 Å². The van der Waals surface area contributed by atoms with E-state index in [4.69, 9.17) is 5.26 Å². The van der Waals surface area contributed by atoms with Crippen LogP contribution in [0.1, 0.15) is 24.6 Å². The minimum atomic E-state index is -4.41. The topological polar surface area (TPSA) is 36.7 Å². The number of rotatable bonds is 3. The van der Waals surface area contributed by atoms with Crippen molar-refractivity contribution in [1.29, 1.82) is 5.26 Å². The maximum atomic E-state index is 12.4. The molecule has 1 aromatic rings. The van der Waals surface area contributed by atoms with Gasteiger partial charge in [-0.1, -0.05) is 6.92 Å². The first-order valence-electron chi connectivity index (χ1n) is 4.59. The van der Waals surface area contributed by atoms with Crippen molar-refractivity contribution in [2.45, 2.75) is 24.4 Å². The molecule has 1 rings (SSSR count). The maximum Gasteiger partial charge on any atom is 0.417 e. The quantitative estimate of drug-likeness (QED) is 0.766. The summed E-state index contributed by atoms with van der Waals surface area (Å²) < 4.78 is 37.2. The number of alkyl halides is 3. The van der Waals surface area contributed by atoms with E-state index in [1.807, 2.05) is 6.92 Å². The fourth-order valence-electron chi connectivity index (χ4n) is 1.01. The molecule has 0 fully saturated rings. The van der Waals surface area contributed by atoms with E-state index >= 15 is 0 Å². The molecule has 1 heterocycles. The van der Waals surface area contributed by atoms with Crippen LogP contribution in [0.5, 0.6) is 0 Å². The van der Waals surface area contributed by atoms with Crippen LogP contribution in [0.3, 0.4) is 0 Å². The van der Waals surface area contributed by atoms with E-state index in [2.05, 4.69) is 4.98 Å². The minimum Gasteiger partial charge on any atom is -0.244 e. The smallest absolute Gasteiger partial charge is 0.244 e. The summed E-state index contributed by atoms with van der Waals surface area (Å²) in [4.78, 5) is 3.81. The Bertz CT molecular complexity index is 410. The van der Waals surface area contributed by atoms with Crippen molar-refractivity contribution >= 4 is 11.8 Å². The summed E-state index contributed by atoms with van der Waals surface area (Å²) in [6, 6.07) is 2.76. The molecule has 0 aliphatic rings. The lowest BCUT2D eigenvalue weighted by Crippen LogP contribution is -2.06. The Hall–Kier alpha value is -1.22. The van der Waals surface area contributed by atoms with Crippen molar-refractivity contribution in [3.05, 3.63) is 23.5 Å². The van der Waals surface area contributed by atoms with E-state index in [1.54, 1.807) is 6.07 Å². The summed E-state index contributed by atoms with van der Waals surface area (Å²) in [6.07, 6.45) is -2.90. The van der Waals surface area contributed by atoms with Crippen LogP contribution in [-0.4, -0.2) is 10.7 Å². The van der Waals surface area contributed by atoms with Gasteiger partial charge in [-0.3, -0.25) is 0 Å². The van der Waals surface area contributed by atoms with E-state index in [0.29, 0.717) is 16.8 Å². The molecular weight excluding hydrogens is 237 g/mol. The molecule has 0 spiro atoms. The van der Waals surface area contributed by atoms with Crippen molar-refractivity contribution in [2.24, 2.45) is 0 Å². The third-order valence-corrected chi connectivity index (χ3v) is 2.98. The lowest BCUT2D eigenvalue weighted by Gasteiger charge is -2.08. The van der Waals surface area contributed by atoms with Gasteiger partial charge in [-0.25, -0.2) is 4.98 Å². The van der Waals surface area contributed by atoms with Crippen molar-refractivity contribution in [3.8, 4) is 6.07 Å². The largest absolute Gasteiger partial charge is 0.417 e. The van der Waals surface area contributed by atoms with Gasteiger partial charge in [0.1, 0.15) is 6.07 Å². The average molecular weight is 246 g/mol. The first-order valence-corrected chi connectivity index (χ1v) is 5.57. The standard InChI is InChI=1S/C10H9F3N2S/c1-2-3-16-9-4-7(10(11,12)13)6-15-8(9)5-14/h4,6H,2-3H2,1H3. The summed E-state index contributed by atoms with van der Waals surface area (Å²) in [5, 5.41) is 8.70. The molecule has 0 bridgehead atoms. The number of nitrogens with zero attached hydrogens (tertiary/aromatic N) is 2. The SMILES string of the molecule is CCCSc1cc(C(F)(F)F)cnc1C#N. The van der Waals surface area contributed by atoms with Crippen molar-refractivity contribution in [2.75, 3.05) is 5.75 Å². The highest BCUT2D eigenvalue weighted by Gasteiger charge is 2.31. The second kappa shape index (κ2) is 5.21. The monoisotopic (exact) mass is 246 g/mol. The van der Waals surface area contributed by atoms with Gasteiger partial charge in [-0.15, -0.1) is 11.8 Å². The predicted molar refractivity (Wildman–Crippen MR) is 55.0 cm³/mol. The molecule has 0 radical (unpaired) electrons. The summed E-state index contributed by atoms with van der Waals surface area (Å²) in [5.41, 5.74) is -0.767. The zero-order valence-electron chi connectivity index (χ0n) is 8.51. The zero-order valence-corrected chi connectivity index (χ0v) is 9.32. The van der Waals surface area contributed by atoms with Crippen molar-refractivity contribution < 1.29 is 13.2 Å². The van der Waals surface area contributed by atoms with E-state index in [-0.39, 0.29) is 5.69 Å². The van der Waals surface area contributed by atoms with Crippen LogP contribution in [0, 0.1) is 11.3 Å². The lowest BCUT2D eigenvalue weighted by molar-refractivity contribution is -0.138. The Kier molecular flexibility index (Phi) is 4.19. The summed E-state index contributed by atoms with van der Waals surface area (Å²) in [5.74, 6) is 0.664. The number of halogens is 3. The first-order chi connectivity index (χ1) is 7.49. The van der Waals surface area contributed by atoms with Gasteiger partial charge >= 0.3 is 6.18 Å². The Balaban J connectivity index is 3.07. The molecule has 86 valence electrons. The number of hydrogen-bond acceptors (Lipinski definition) is 3. The molecule has 0 aromatic carbocycles. The van der Waals surface area contributed by atoms with Crippen LogP contribution in [0.2, 0.25) is 0 Å². The fraction of sp³-hybridized carbons (Fsp3) is 0.400. The molecular formula is C10H9F3N2S. The van der Waals surface area contributed by atoms with Crippen LogP contribution in [0.25, 0.3) is 0 Å². The van der Waals surface area contributed by atoms with Crippen LogP contribution >= 0.6 is 11.8 Å². The Morgan fingerprint density at radius 3 is 2.69 bits per heavy atom. The Morgan fingerprint density at radius 2 is 2.19 bits per heavy atom. The first kappa shape index (κ1) is 12.8. The van der Waals surface area contributed by atoms with Crippen molar-refractivity contribution in [1.82, 2.24) is 4.98 Å². The molecule has 0 unspecified atom stereocenters. The Morgan fingerprint density at radius 1 is 1.50 bits per heavy atom. The van der Waals surface area contributed by atoms with Gasteiger partial charge in [0.05, 0.1) is 5.56 Å². The van der Waals surface area contributed by atoms with Crippen LogP contribution < -0.4 is 0 Å². The van der Waals surface area contributed by atoms with E-state index in [1.165, 1.54) is 11.8 Å². The highest BCUT2D eigenvalue weighted by atomic mass is 32.2. The Labute approximate surface area is 95.5 Å². The minimum absolute atomic E-state index is 0.0476. The number of nitriles is 1. The van der Waals surface area contributed by atoms with Gasteiger partial charge in [0.2, 0.25) is 0 Å². The predicted octanol–water partition coefficient (Wildman–Crippen LogP) is 3.47. The fourth-order valence-corrected chi connectivity index (χ4v) is 1.88. The van der Waals surface area contributed by atoms with Gasteiger partial charge in [0.25, 0.3) is 0 Å². The molecule has 0 aliphatic heterocycles. The summed E-state index contributed by atoms with van der Waals surface area (Å²) >= 11 is 1.22. The van der Waals surface area contributed by atoms with Gasteiger partial charge in [0, 0.05) is 11.1 Å². The molecule has 0 saturated heterocycles. The van der Waals surface area contributed by atoms with Crippen LogP contribution in [0.15, 0.2) is 17.2 Å². The summed E-state index contributed by atoms with van der Waals surface area (Å²) in [6.45, 7) is 1.92. The third kappa shape index (κ3) is 3.14. The van der Waals surface area contributed by atoms with Gasteiger partial charge in [0.15, 0.2) is 5.69 Å². The molecule has 0 N–H and O–H groups in total. The second-order valence-corrected chi connectivity index (χ2v) is 4.17. The number of aromatic nitrogens is 1. The van der Waals surface area contributed by atoms with Crippen LogP contribution in [-0.2, 0) is 6.18 Å². The summed E-state index contributed by atoms with van der Waals surface area (Å²) in [7, 11) is 0.